The minimum absolute atomic E-state index is 0.0424. The third kappa shape index (κ3) is 3.23. The molecule has 2 unspecified atom stereocenters. The molecule has 130 valence electrons. The van der Waals surface area contributed by atoms with Crippen LogP contribution in [0, 0.1) is 0 Å². The Morgan fingerprint density at radius 1 is 1.29 bits per heavy atom. The maximum atomic E-state index is 13.2. The van der Waals surface area contributed by atoms with Crippen LogP contribution >= 0.6 is 0 Å². The van der Waals surface area contributed by atoms with Crippen LogP contribution in [0.3, 0.4) is 0 Å². The molecule has 1 saturated carbocycles. The first kappa shape index (κ1) is 17.1. The van der Waals surface area contributed by atoms with Gasteiger partial charge in [-0.15, -0.1) is 0 Å². The number of sulfonamides is 1. The Labute approximate surface area is 143 Å². The van der Waals surface area contributed by atoms with E-state index >= 15 is 0 Å². The number of nitrogens with zero attached hydrogens (tertiary/aromatic N) is 4. The Kier molecular flexibility index (Phi) is 4.73. The number of hydrogen-bond donors (Lipinski definition) is 0. The van der Waals surface area contributed by atoms with Gasteiger partial charge in [0.05, 0.1) is 18.1 Å². The highest BCUT2D eigenvalue weighted by Gasteiger charge is 2.43. The average Bonchev–Trinajstić information content (AvgIpc) is 3.27. The molecular formula is C17H24N4O2S. The van der Waals surface area contributed by atoms with E-state index in [1.54, 1.807) is 23.0 Å². The first-order valence-corrected chi connectivity index (χ1v) is 9.87. The lowest BCUT2D eigenvalue weighted by Crippen LogP contribution is -2.36. The maximum Gasteiger partial charge on any atom is 0.262 e. The van der Waals surface area contributed by atoms with Crippen molar-refractivity contribution in [2.75, 3.05) is 0 Å². The van der Waals surface area contributed by atoms with E-state index in [0.29, 0.717) is 0 Å². The molecule has 1 fully saturated rings. The van der Waals surface area contributed by atoms with Crippen LogP contribution in [-0.2, 0) is 10.0 Å². The largest absolute Gasteiger partial charge is 0.333 e. The molecule has 7 heteroatoms. The van der Waals surface area contributed by atoms with Gasteiger partial charge < -0.3 is 4.57 Å². The zero-order valence-electron chi connectivity index (χ0n) is 14.3. The molecule has 1 aliphatic carbocycles. The van der Waals surface area contributed by atoms with Gasteiger partial charge in [0.25, 0.3) is 10.0 Å². The van der Waals surface area contributed by atoms with Crippen molar-refractivity contribution in [3.63, 3.8) is 0 Å². The average molecular weight is 348 g/mol. The molecule has 0 bridgehead atoms. The molecule has 2 heterocycles. The molecule has 0 amide bonds. The molecule has 0 radical (unpaired) electrons. The Hall–Kier alpha value is -1.73. The fraction of sp³-hybridized carbons (Fsp3) is 0.529. The first-order valence-electron chi connectivity index (χ1n) is 8.43. The van der Waals surface area contributed by atoms with Crippen LogP contribution in [0.5, 0.6) is 0 Å². The topological polar surface area (TPSA) is 68.1 Å². The summed E-state index contributed by atoms with van der Waals surface area (Å²) in [4.78, 5) is 8.51. The summed E-state index contributed by atoms with van der Waals surface area (Å²) in [6, 6.07) is 5.55. The minimum Gasteiger partial charge on any atom is -0.333 e. The minimum atomic E-state index is -3.64. The lowest BCUT2D eigenvalue weighted by atomic mass is 10.2. The number of rotatable bonds is 7. The predicted molar refractivity (Wildman–Crippen MR) is 91.9 cm³/mol. The fourth-order valence-electron chi connectivity index (χ4n) is 2.81. The van der Waals surface area contributed by atoms with E-state index in [1.807, 2.05) is 36.6 Å². The fourth-order valence-corrected chi connectivity index (χ4v) is 4.59. The Morgan fingerprint density at radius 2 is 2.04 bits per heavy atom. The second-order valence-electron chi connectivity index (χ2n) is 6.41. The summed E-state index contributed by atoms with van der Waals surface area (Å²) in [6.07, 6.45) is 7.65. The highest BCUT2D eigenvalue weighted by molar-refractivity contribution is 7.89. The van der Waals surface area contributed by atoms with Gasteiger partial charge >= 0.3 is 0 Å². The molecule has 0 spiro atoms. The van der Waals surface area contributed by atoms with Gasteiger partial charge in [-0.2, -0.15) is 4.31 Å². The molecular weight excluding hydrogens is 324 g/mol. The van der Waals surface area contributed by atoms with Crippen LogP contribution in [0.2, 0.25) is 0 Å². The third-order valence-electron chi connectivity index (χ3n) is 4.62. The summed E-state index contributed by atoms with van der Waals surface area (Å²) < 4.78 is 29.8. The highest BCUT2D eigenvalue weighted by atomic mass is 32.2. The van der Waals surface area contributed by atoms with Crippen LogP contribution in [0.4, 0.5) is 0 Å². The third-order valence-corrected chi connectivity index (χ3v) is 6.53. The first-order chi connectivity index (χ1) is 11.4. The number of hydrogen-bond acceptors (Lipinski definition) is 4. The SMILES string of the molecule is CCC(C)n1cnc(S(=O)(=O)N(C2CC2)C(C)c2ccccn2)c1. The van der Waals surface area contributed by atoms with Gasteiger partial charge in [-0.1, -0.05) is 13.0 Å². The van der Waals surface area contributed by atoms with Crippen LogP contribution in [-0.4, -0.2) is 33.3 Å². The molecule has 2 aromatic rings. The number of pyridine rings is 1. The Balaban J connectivity index is 1.94. The van der Waals surface area contributed by atoms with Crippen molar-refractivity contribution in [2.24, 2.45) is 0 Å². The van der Waals surface area contributed by atoms with Crippen molar-refractivity contribution in [2.45, 2.75) is 63.2 Å². The molecule has 0 aromatic carbocycles. The monoisotopic (exact) mass is 348 g/mol. The predicted octanol–water partition coefficient (Wildman–Crippen LogP) is 3.16. The molecule has 24 heavy (non-hydrogen) atoms. The van der Waals surface area contributed by atoms with Gasteiger partial charge in [0.1, 0.15) is 0 Å². The van der Waals surface area contributed by atoms with Crippen molar-refractivity contribution in [3.8, 4) is 0 Å². The molecule has 0 aliphatic heterocycles. The van der Waals surface area contributed by atoms with Crippen molar-refractivity contribution in [3.05, 3.63) is 42.6 Å². The van der Waals surface area contributed by atoms with E-state index in [1.165, 1.54) is 0 Å². The smallest absolute Gasteiger partial charge is 0.262 e. The molecule has 2 atom stereocenters. The summed E-state index contributed by atoms with van der Waals surface area (Å²) in [5.41, 5.74) is 0.759. The normalized spacial score (nSPS) is 17.8. The van der Waals surface area contributed by atoms with Crippen molar-refractivity contribution >= 4 is 10.0 Å². The van der Waals surface area contributed by atoms with E-state index in [-0.39, 0.29) is 23.2 Å². The Bertz CT molecular complexity index is 784. The lowest BCUT2D eigenvalue weighted by molar-refractivity contribution is 0.328. The number of aromatic nitrogens is 3. The maximum absolute atomic E-state index is 13.2. The van der Waals surface area contributed by atoms with E-state index < -0.39 is 10.0 Å². The molecule has 3 rings (SSSR count). The van der Waals surface area contributed by atoms with E-state index in [9.17, 15) is 8.42 Å². The lowest BCUT2D eigenvalue weighted by Gasteiger charge is -2.27. The molecule has 6 nitrogen and oxygen atoms in total. The van der Waals surface area contributed by atoms with Crippen LogP contribution in [0.1, 0.15) is 57.8 Å². The van der Waals surface area contributed by atoms with E-state index in [0.717, 1.165) is 25.0 Å². The van der Waals surface area contributed by atoms with Crippen LogP contribution in [0.15, 0.2) is 41.9 Å². The van der Waals surface area contributed by atoms with Crippen molar-refractivity contribution < 1.29 is 8.42 Å². The molecule has 1 aliphatic rings. The van der Waals surface area contributed by atoms with E-state index in [4.69, 9.17) is 0 Å². The van der Waals surface area contributed by atoms with Gasteiger partial charge in [-0.3, -0.25) is 4.98 Å². The van der Waals surface area contributed by atoms with Crippen LogP contribution < -0.4 is 0 Å². The Morgan fingerprint density at radius 3 is 2.62 bits per heavy atom. The summed E-state index contributed by atoms with van der Waals surface area (Å²) >= 11 is 0. The second-order valence-corrected chi connectivity index (χ2v) is 8.20. The summed E-state index contributed by atoms with van der Waals surface area (Å²) in [5.74, 6) is 0. The highest BCUT2D eigenvalue weighted by Crippen LogP contribution is 2.38. The number of imidazole rings is 1. The van der Waals surface area contributed by atoms with Crippen LogP contribution in [0.25, 0.3) is 0 Å². The van der Waals surface area contributed by atoms with E-state index in [2.05, 4.69) is 16.9 Å². The molecule has 0 saturated heterocycles. The van der Waals surface area contributed by atoms with Crippen molar-refractivity contribution in [1.29, 1.82) is 0 Å². The van der Waals surface area contributed by atoms with Gasteiger partial charge in [0.15, 0.2) is 5.03 Å². The molecule has 0 N–H and O–H groups in total. The summed E-state index contributed by atoms with van der Waals surface area (Å²) in [6.45, 7) is 6.01. The van der Waals surface area contributed by atoms with Gasteiger partial charge in [0.2, 0.25) is 0 Å². The second kappa shape index (κ2) is 6.64. The standard InChI is InChI=1S/C17H24N4O2S/c1-4-13(2)20-11-17(19-12-20)24(22,23)21(15-8-9-15)14(3)16-7-5-6-10-18-16/h5-7,10-15H,4,8-9H2,1-3H3. The van der Waals surface area contributed by atoms with Gasteiger partial charge in [-0.25, -0.2) is 13.4 Å². The van der Waals surface area contributed by atoms with Crippen molar-refractivity contribution in [1.82, 2.24) is 18.8 Å². The van der Waals surface area contributed by atoms with Gasteiger partial charge in [-0.05, 0) is 45.2 Å². The summed E-state index contributed by atoms with van der Waals surface area (Å²) in [7, 11) is -3.64. The summed E-state index contributed by atoms with van der Waals surface area (Å²) in [5, 5.41) is 0.123. The molecule has 2 aromatic heterocycles. The van der Waals surface area contributed by atoms with Gasteiger partial charge in [0, 0.05) is 24.5 Å². The zero-order chi connectivity index (χ0) is 17.3. The zero-order valence-corrected chi connectivity index (χ0v) is 15.1. The quantitative estimate of drug-likeness (QED) is 0.771.